The molecule has 0 saturated carbocycles. The van der Waals surface area contributed by atoms with Crippen LogP contribution in [0.3, 0.4) is 0 Å². The van der Waals surface area contributed by atoms with Gasteiger partial charge < -0.3 is 125 Å². The van der Waals surface area contributed by atoms with Crippen molar-refractivity contribution < 1.29 is 141 Å². The lowest BCUT2D eigenvalue weighted by Crippen LogP contribution is -2.61. The van der Waals surface area contributed by atoms with Crippen LogP contribution in [0.15, 0.2) is 71.1 Å². The molecule has 4 rings (SSSR count). The van der Waals surface area contributed by atoms with Crippen LogP contribution in [0.2, 0.25) is 0 Å². The predicted octanol–water partition coefficient (Wildman–Crippen LogP) is -4.00. The predicted molar refractivity (Wildman–Crippen MR) is 399 cm³/mol. The Balaban J connectivity index is 1.69. The summed E-state index contributed by atoms with van der Waals surface area (Å²) in [4.78, 5) is 247. The minimum atomic E-state index is -2.45. The molecule has 46 heteroatoms. The summed E-state index contributed by atoms with van der Waals surface area (Å²) in [5.41, 5.74) is 10.9. The molecule has 23 N–H and O–H groups in total. The van der Waals surface area contributed by atoms with Crippen LogP contribution in [0.1, 0.15) is 94.8 Å². The lowest BCUT2D eigenvalue weighted by atomic mass is 10.0. The quantitative estimate of drug-likeness (QED) is 0.00659. The van der Waals surface area contributed by atoms with E-state index >= 15 is 0 Å². The van der Waals surface area contributed by atoms with Crippen molar-refractivity contribution in [1.29, 1.82) is 0 Å². The summed E-state index contributed by atoms with van der Waals surface area (Å²) < 4.78 is 16.9. The summed E-state index contributed by atoms with van der Waals surface area (Å²) in [6.45, 7) is -0.760. The first kappa shape index (κ1) is 94.7. The number of carboxylic acids is 6. The second kappa shape index (κ2) is 47.6. The Labute approximate surface area is 662 Å². The number of phenolic OH excluding ortho intramolecular Hbond substituents is 1. The minimum absolute atomic E-state index is 0.0154. The topological polar surface area (TPSA) is 720 Å². The molecule has 3 aromatic carbocycles. The Hall–Kier alpha value is -13.7. The third-order valence-corrected chi connectivity index (χ3v) is 16.8. The number of nitro benzene ring substituents is 1. The van der Waals surface area contributed by atoms with Crippen LogP contribution < -0.4 is 80.0 Å². The molecule has 1 aromatic heterocycles. The highest BCUT2D eigenvalue weighted by Gasteiger charge is 2.38. The Kier molecular flexibility index (Phi) is 38.8. The van der Waals surface area contributed by atoms with Gasteiger partial charge in [0.25, 0.3) is 5.69 Å². The molecule has 0 aliphatic carbocycles. The van der Waals surface area contributed by atoms with Crippen molar-refractivity contribution in [3.05, 3.63) is 88.0 Å². The molecule has 4 aromatic rings. The molecule has 0 aliphatic heterocycles. The number of hydrogen-bond donors (Lipinski definition) is 22. The molecule has 0 aliphatic rings. The molecule has 116 heavy (non-hydrogen) atoms. The molecule has 0 saturated heterocycles. The van der Waals surface area contributed by atoms with Gasteiger partial charge in [0.1, 0.15) is 89.9 Å². The number of benzene rings is 3. The molecular formula is C70H87N15O30S. The Morgan fingerprint density at radius 1 is 0.526 bits per heavy atom. The largest absolute Gasteiger partial charge is 0.508 e. The van der Waals surface area contributed by atoms with Gasteiger partial charge in [0, 0.05) is 35.7 Å². The van der Waals surface area contributed by atoms with Crippen LogP contribution >= 0.6 is 12.6 Å². The summed E-state index contributed by atoms with van der Waals surface area (Å²) in [6, 6.07) is -3.67. The standard InChI is InChI=1S/C70H87N15O30S/c1-3-20-113-39-15-17-51-37(22-39)24-52(115-51)36-12-16-40(50(23-36)85(111)112)34(2)114-70(110)73-19-7-5-8-41(77-62(101)43(21-35-10-13-38(86)14-11-35)79-64(103)48(29-60(98)99)84-68(107)49(33-116)76-55(89)32-75-54(88)31-74-53(87)30-72)61(100)80-45(26-57(92)93)65(104)82-47(28-59(96)97)67(106)83-46(27-58(94)95)66(105)81-44(25-56(90)91)63(102)78-42(69(108)109)9-4-6-18-71/h1,10-17,22-24,34,41-49,86,116H,4-9,18-21,25-33,71-72H2,2H3,(H,73,110)(H,74,87)(H,75,88)(H,76,89)(H,77,101)(H,78,102)(H,79,103)(H,80,100)(H,81,105)(H,82,104)(H,83,106)(H,84,107)(H,90,91)(H,92,93)(H,94,95)(H,96,97)(H,98,99)(H,108,109)/t34?,41-,42-,43-,44-,45-,46-,47-,48-,49-/m0/s1. The van der Waals surface area contributed by atoms with Gasteiger partial charge in [-0.05, 0) is 100 Å². The zero-order chi connectivity index (χ0) is 86.5. The number of fused-ring (bicyclic) bond motifs is 1. The van der Waals surface area contributed by atoms with Gasteiger partial charge in [-0.2, -0.15) is 12.6 Å². The average molecular weight is 1650 g/mol. The second-order valence-electron chi connectivity index (χ2n) is 25.3. The van der Waals surface area contributed by atoms with Crippen molar-refractivity contribution in [2.24, 2.45) is 11.5 Å². The third kappa shape index (κ3) is 32.9. The van der Waals surface area contributed by atoms with Crippen LogP contribution in [0.4, 0.5) is 10.5 Å². The van der Waals surface area contributed by atoms with Crippen LogP contribution in [-0.2, 0) is 92.7 Å². The van der Waals surface area contributed by atoms with Crippen LogP contribution in [0.5, 0.6) is 11.5 Å². The van der Waals surface area contributed by atoms with Crippen LogP contribution in [-0.4, -0.2) is 247 Å². The van der Waals surface area contributed by atoms with Crippen molar-refractivity contribution in [3.8, 4) is 35.2 Å². The van der Waals surface area contributed by atoms with Crippen LogP contribution in [0.25, 0.3) is 22.3 Å². The first-order valence-corrected chi connectivity index (χ1v) is 35.7. The monoisotopic (exact) mass is 1650 g/mol. The number of aliphatic carboxylic acids is 6. The maximum atomic E-state index is 14.8. The number of terminal acetylenes is 1. The molecule has 45 nitrogen and oxygen atoms in total. The molecule has 0 bridgehead atoms. The zero-order valence-electron chi connectivity index (χ0n) is 61.7. The maximum Gasteiger partial charge on any atom is 0.407 e. The van der Waals surface area contributed by atoms with E-state index in [9.17, 15) is 132 Å². The van der Waals surface area contributed by atoms with E-state index in [-0.39, 0.29) is 73.6 Å². The number of rotatable bonds is 51. The molecule has 10 atom stereocenters. The number of nitro groups is 1. The molecule has 12 amide bonds. The van der Waals surface area contributed by atoms with Gasteiger partial charge in [0.15, 0.2) is 0 Å². The van der Waals surface area contributed by atoms with E-state index in [0.717, 1.165) is 12.1 Å². The van der Waals surface area contributed by atoms with E-state index in [1.807, 2.05) is 21.3 Å². The maximum absolute atomic E-state index is 14.8. The number of phenols is 1. The number of carboxylic acid groups (broad SMARTS) is 6. The molecule has 0 spiro atoms. The summed E-state index contributed by atoms with van der Waals surface area (Å²) in [7, 11) is 0. The number of thiol groups is 1. The van der Waals surface area contributed by atoms with Crippen molar-refractivity contribution in [3.63, 3.8) is 0 Å². The SMILES string of the molecule is C#CCOc1ccc2oc(-c3ccc(C(C)OC(=O)NCCCC[C@H](NC(=O)[C@H](Cc4ccc(O)cc4)NC(=O)[C@H](CC(=O)O)NC(=O)[C@H](CS)NC(=O)CNC(=O)CNC(=O)CN)C(=O)N[C@@H](CC(=O)O)C(=O)N[C@@H](CC(=O)O)C(=O)N[C@@H](CC(=O)O)C(=O)N[C@@H](CC(=O)O)C(=O)N[C@@H](CCCCN)C(=O)O)c([N+](=O)[O-])c3)cc2c1. The highest BCUT2D eigenvalue weighted by atomic mass is 32.1. The van der Waals surface area contributed by atoms with Gasteiger partial charge in [-0.15, -0.1) is 6.42 Å². The Bertz CT molecular complexity index is 4320. The van der Waals surface area contributed by atoms with Crippen molar-refractivity contribution >= 4 is 136 Å². The molecule has 0 fully saturated rings. The van der Waals surface area contributed by atoms with Gasteiger partial charge in [-0.3, -0.25) is 86.8 Å². The molecule has 1 unspecified atom stereocenters. The van der Waals surface area contributed by atoms with Crippen molar-refractivity contribution in [1.82, 2.24) is 63.8 Å². The Morgan fingerprint density at radius 2 is 0.974 bits per heavy atom. The highest BCUT2D eigenvalue weighted by Crippen LogP contribution is 2.36. The van der Waals surface area contributed by atoms with Gasteiger partial charge in [0.05, 0.1) is 62.2 Å². The number of carbonyl (C=O) groups is 18. The lowest BCUT2D eigenvalue weighted by Gasteiger charge is -2.27. The zero-order valence-corrected chi connectivity index (χ0v) is 62.6. The number of aromatic hydroxyl groups is 1. The number of unbranched alkanes of at least 4 members (excludes halogenated alkanes) is 2. The number of ether oxygens (including phenoxy) is 2. The van der Waals surface area contributed by atoms with Gasteiger partial charge >= 0.3 is 41.9 Å². The summed E-state index contributed by atoms with van der Waals surface area (Å²) in [6.07, 6.45) is -5.44. The molecule has 0 radical (unpaired) electrons. The smallest absolute Gasteiger partial charge is 0.407 e. The van der Waals surface area contributed by atoms with Gasteiger partial charge in [-0.1, -0.05) is 24.1 Å². The van der Waals surface area contributed by atoms with Crippen LogP contribution in [0, 0.1) is 22.5 Å². The fraction of sp³-hybridized carbons (Fsp3) is 0.429. The third-order valence-electron chi connectivity index (χ3n) is 16.4. The number of hydrogen-bond acceptors (Lipinski definition) is 27. The molecular weight excluding hydrogens is 1560 g/mol. The number of carbonyl (C=O) groups excluding carboxylic acids is 12. The number of amides is 12. The lowest BCUT2D eigenvalue weighted by molar-refractivity contribution is -0.386. The molecule has 628 valence electrons. The highest BCUT2D eigenvalue weighted by molar-refractivity contribution is 7.80. The summed E-state index contributed by atoms with van der Waals surface area (Å²) in [5.74, 6) is -23.2. The summed E-state index contributed by atoms with van der Waals surface area (Å²) in [5, 5.41) is 107. The van der Waals surface area contributed by atoms with Gasteiger partial charge in [0.2, 0.25) is 65.0 Å². The van der Waals surface area contributed by atoms with E-state index < -0.39 is 248 Å². The normalized spacial score (nSPS) is 13.4. The van der Waals surface area contributed by atoms with E-state index in [1.54, 1.807) is 24.3 Å². The number of alkyl carbamates (subject to hydrolysis) is 1. The van der Waals surface area contributed by atoms with E-state index in [2.05, 4.69) is 61.1 Å². The fourth-order valence-electron chi connectivity index (χ4n) is 10.6. The van der Waals surface area contributed by atoms with E-state index in [4.69, 9.17) is 31.8 Å². The van der Waals surface area contributed by atoms with E-state index in [0.29, 0.717) is 23.1 Å². The average Bonchev–Trinajstić information content (AvgIpc) is 1.62. The van der Waals surface area contributed by atoms with Crippen molar-refractivity contribution in [2.75, 3.05) is 45.1 Å². The molecule has 1 heterocycles. The number of nitrogens with two attached hydrogens (primary N) is 2. The first-order chi connectivity index (χ1) is 54.8. The van der Waals surface area contributed by atoms with E-state index in [1.165, 1.54) is 37.3 Å². The summed E-state index contributed by atoms with van der Waals surface area (Å²) >= 11 is 4.04. The van der Waals surface area contributed by atoms with Gasteiger partial charge in [-0.25, -0.2) is 9.59 Å². The second-order valence-corrected chi connectivity index (χ2v) is 25.7. The number of furan rings is 1. The Morgan fingerprint density at radius 3 is 1.45 bits per heavy atom. The fourth-order valence-corrected chi connectivity index (χ4v) is 10.9. The number of nitrogens with one attached hydrogen (secondary N) is 12. The van der Waals surface area contributed by atoms with Crippen molar-refractivity contribution in [2.45, 2.75) is 144 Å². The minimum Gasteiger partial charge on any atom is -0.508 e. The first-order valence-electron chi connectivity index (χ1n) is 35.0. The number of nitrogens with zero attached hydrogens (tertiary/aromatic N) is 1.